The Morgan fingerprint density at radius 1 is 1.17 bits per heavy atom. The van der Waals surface area contributed by atoms with Crippen molar-refractivity contribution < 1.29 is 4.39 Å². The molecule has 0 saturated heterocycles. The minimum atomic E-state index is -0.212. The van der Waals surface area contributed by atoms with Crippen molar-refractivity contribution in [2.75, 3.05) is 5.32 Å². The van der Waals surface area contributed by atoms with Gasteiger partial charge >= 0.3 is 0 Å². The van der Waals surface area contributed by atoms with Crippen molar-refractivity contribution in [1.29, 1.82) is 0 Å². The van der Waals surface area contributed by atoms with Crippen molar-refractivity contribution in [3.8, 4) is 0 Å². The maximum absolute atomic E-state index is 13.1. The molecule has 0 bridgehead atoms. The van der Waals surface area contributed by atoms with E-state index >= 15 is 0 Å². The van der Waals surface area contributed by atoms with Gasteiger partial charge in [0.1, 0.15) is 5.82 Å². The third kappa shape index (κ3) is 2.05. The van der Waals surface area contributed by atoms with Crippen LogP contribution in [0.15, 0.2) is 48.7 Å². The number of anilines is 1. The predicted octanol–water partition coefficient (Wildman–Crippen LogP) is 3.31. The average Bonchev–Trinajstić information content (AvgIpc) is 2.85. The quantitative estimate of drug-likeness (QED) is 0.738. The number of nitrogens with one attached hydrogen (secondary N) is 2. The smallest absolute Gasteiger partial charge is 0.123 e. The minimum Gasteiger partial charge on any atom is -0.380 e. The van der Waals surface area contributed by atoms with Gasteiger partial charge in [0.15, 0.2) is 0 Å². The Morgan fingerprint density at radius 2 is 2.06 bits per heavy atom. The highest BCUT2D eigenvalue weighted by atomic mass is 19.1. The number of fused-ring (bicyclic) bond motifs is 1. The summed E-state index contributed by atoms with van der Waals surface area (Å²) in [4.78, 5) is 0. The third-order valence-electron chi connectivity index (χ3n) is 2.86. The summed E-state index contributed by atoms with van der Waals surface area (Å²) in [6.07, 6.45) is 1.78. The van der Waals surface area contributed by atoms with Crippen LogP contribution in [0.4, 0.5) is 10.1 Å². The number of halogens is 1. The van der Waals surface area contributed by atoms with Crippen LogP contribution in [0.3, 0.4) is 0 Å². The number of rotatable bonds is 3. The molecule has 4 heteroatoms. The molecule has 0 spiro atoms. The molecule has 0 saturated carbocycles. The molecule has 1 aromatic heterocycles. The van der Waals surface area contributed by atoms with E-state index in [2.05, 4.69) is 15.5 Å². The molecule has 2 aromatic carbocycles. The van der Waals surface area contributed by atoms with Crippen molar-refractivity contribution in [1.82, 2.24) is 10.2 Å². The molecule has 0 atom stereocenters. The van der Waals surface area contributed by atoms with E-state index in [0.29, 0.717) is 6.54 Å². The summed E-state index contributed by atoms with van der Waals surface area (Å²) >= 11 is 0. The molecule has 0 aliphatic rings. The van der Waals surface area contributed by atoms with Crippen molar-refractivity contribution in [3.05, 3.63) is 60.0 Å². The lowest BCUT2D eigenvalue weighted by Gasteiger charge is -2.07. The Kier molecular flexibility index (Phi) is 2.68. The Bertz CT molecular complexity index is 675. The van der Waals surface area contributed by atoms with Gasteiger partial charge in [-0.15, -0.1) is 0 Å². The van der Waals surface area contributed by atoms with E-state index < -0.39 is 0 Å². The van der Waals surface area contributed by atoms with Crippen LogP contribution in [-0.4, -0.2) is 10.2 Å². The lowest BCUT2D eigenvalue weighted by Crippen LogP contribution is -1.99. The van der Waals surface area contributed by atoms with Crippen LogP contribution < -0.4 is 5.32 Å². The fraction of sp³-hybridized carbons (Fsp3) is 0.0714. The number of hydrogen-bond donors (Lipinski definition) is 2. The zero-order chi connectivity index (χ0) is 12.4. The number of hydrogen-bond acceptors (Lipinski definition) is 2. The summed E-state index contributed by atoms with van der Waals surface area (Å²) in [5.74, 6) is -0.212. The first-order chi connectivity index (χ1) is 8.83. The number of aromatic amines is 1. The van der Waals surface area contributed by atoms with Crippen LogP contribution >= 0.6 is 0 Å². The molecule has 3 rings (SSSR count). The second kappa shape index (κ2) is 4.49. The molecule has 90 valence electrons. The van der Waals surface area contributed by atoms with Gasteiger partial charge in [0, 0.05) is 17.6 Å². The highest BCUT2D eigenvalue weighted by molar-refractivity contribution is 5.90. The zero-order valence-corrected chi connectivity index (χ0v) is 9.65. The van der Waals surface area contributed by atoms with Crippen molar-refractivity contribution in [2.24, 2.45) is 0 Å². The lowest BCUT2D eigenvalue weighted by atomic mass is 10.2. The summed E-state index contributed by atoms with van der Waals surface area (Å²) in [6.45, 7) is 0.585. The molecule has 3 nitrogen and oxygen atoms in total. The maximum atomic E-state index is 13.1. The van der Waals surface area contributed by atoms with E-state index in [9.17, 15) is 4.39 Å². The van der Waals surface area contributed by atoms with Crippen LogP contribution in [0.5, 0.6) is 0 Å². The first-order valence-corrected chi connectivity index (χ1v) is 5.73. The molecule has 0 amide bonds. The predicted molar refractivity (Wildman–Crippen MR) is 69.8 cm³/mol. The SMILES string of the molecule is Fc1cccc(CNc2cccc3[nH]ncc23)c1. The van der Waals surface area contributed by atoms with Crippen molar-refractivity contribution in [2.45, 2.75) is 6.54 Å². The van der Waals surface area contributed by atoms with Gasteiger partial charge in [0.25, 0.3) is 0 Å². The fourth-order valence-electron chi connectivity index (χ4n) is 1.97. The Balaban J connectivity index is 1.83. The second-order valence-electron chi connectivity index (χ2n) is 4.12. The van der Waals surface area contributed by atoms with Gasteiger partial charge < -0.3 is 5.32 Å². The summed E-state index contributed by atoms with van der Waals surface area (Å²) in [7, 11) is 0. The first kappa shape index (κ1) is 10.8. The van der Waals surface area contributed by atoms with E-state index in [1.807, 2.05) is 24.3 Å². The topological polar surface area (TPSA) is 40.7 Å². The van der Waals surface area contributed by atoms with Crippen LogP contribution in [-0.2, 0) is 6.54 Å². The molecule has 0 aliphatic heterocycles. The molecule has 1 heterocycles. The summed E-state index contributed by atoms with van der Waals surface area (Å²) in [6, 6.07) is 12.5. The normalized spacial score (nSPS) is 10.7. The lowest BCUT2D eigenvalue weighted by molar-refractivity contribution is 0.626. The van der Waals surface area contributed by atoms with Gasteiger partial charge in [-0.25, -0.2) is 4.39 Å². The van der Waals surface area contributed by atoms with E-state index in [-0.39, 0.29) is 5.82 Å². The van der Waals surface area contributed by atoms with Gasteiger partial charge in [-0.05, 0) is 29.8 Å². The highest BCUT2D eigenvalue weighted by Gasteiger charge is 2.02. The van der Waals surface area contributed by atoms with Crippen LogP contribution in [0, 0.1) is 5.82 Å². The summed E-state index contributed by atoms with van der Waals surface area (Å²) in [5.41, 5.74) is 2.89. The van der Waals surface area contributed by atoms with E-state index in [4.69, 9.17) is 0 Å². The fourth-order valence-corrected chi connectivity index (χ4v) is 1.97. The van der Waals surface area contributed by atoms with Gasteiger partial charge in [0.2, 0.25) is 0 Å². The summed E-state index contributed by atoms with van der Waals surface area (Å²) < 4.78 is 13.1. The van der Waals surface area contributed by atoms with Crippen LogP contribution in [0.25, 0.3) is 10.9 Å². The zero-order valence-electron chi connectivity index (χ0n) is 9.65. The number of benzene rings is 2. The molecule has 0 radical (unpaired) electrons. The Morgan fingerprint density at radius 3 is 2.94 bits per heavy atom. The Hall–Kier alpha value is -2.36. The van der Waals surface area contributed by atoms with Crippen molar-refractivity contribution >= 4 is 16.6 Å². The van der Waals surface area contributed by atoms with E-state index in [0.717, 1.165) is 22.2 Å². The van der Waals surface area contributed by atoms with Gasteiger partial charge in [-0.1, -0.05) is 18.2 Å². The molecular weight excluding hydrogens is 229 g/mol. The first-order valence-electron chi connectivity index (χ1n) is 5.73. The average molecular weight is 241 g/mol. The minimum absolute atomic E-state index is 0.212. The van der Waals surface area contributed by atoms with Crippen molar-refractivity contribution in [3.63, 3.8) is 0 Å². The molecule has 2 N–H and O–H groups in total. The Labute approximate surface area is 104 Å². The van der Waals surface area contributed by atoms with Crippen LogP contribution in [0.2, 0.25) is 0 Å². The van der Waals surface area contributed by atoms with Gasteiger partial charge in [0.05, 0.1) is 11.7 Å². The van der Waals surface area contributed by atoms with Crippen LogP contribution in [0.1, 0.15) is 5.56 Å². The second-order valence-corrected chi connectivity index (χ2v) is 4.12. The standard InChI is InChI=1S/C14H12FN3/c15-11-4-1-3-10(7-11)8-16-13-5-2-6-14-12(13)9-17-18-14/h1-7,9,16H,8H2,(H,17,18). The summed E-state index contributed by atoms with van der Waals surface area (Å²) in [5, 5.41) is 11.2. The molecular formula is C14H12FN3. The molecule has 0 fully saturated rings. The molecule has 3 aromatic rings. The number of H-pyrrole nitrogens is 1. The van der Waals surface area contributed by atoms with E-state index in [1.165, 1.54) is 12.1 Å². The molecule has 18 heavy (non-hydrogen) atoms. The third-order valence-corrected chi connectivity index (χ3v) is 2.86. The largest absolute Gasteiger partial charge is 0.380 e. The van der Waals surface area contributed by atoms with Gasteiger partial charge in [-0.2, -0.15) is 5.10 Å². The number of nitrogens with zero attached hydrogens (tertiary/aromatic N) is 1. The van der Waals surface area contributed by atoms with Gasteiger partial charge in [-0.3, -0.25) is 5.10 Å². The molecule has 0 unspecified atom stereocenters. The maximum Gasteiger partial charge on any atom is 0.123 e. The van der Waals surface area contributed by atoms with E-state index in [1.54, 1.807) is 12.3 Å². The number of aromatic nitrogens is 2. The highest BCUT2D eigenvalue weighted by Crippen LogP contribution is 2.21. The molecule has 0 aliphatic carbocycles. The monoisotopic (exact) mass is 241 g/mol.